The number of aromatic amines is 1. The highest BCUT2D eigenvalue weighted by atomic mass is 15.2. The number of hydrogen-bond acceptors (Lipinski definition) is 3. The molecule has 2 aromatic rings. The molecule has 2 aromatic heterocycles. The summed E-state index contributed by atoms with van der Waals surface area (Å²) in [6, 6.07) is 0. The van der Waals surface area contributed by atoms with Crippen LogP contribution in [0.5, 0.6) is 0 Å². The molecule has 0 aliphatic heterocycles. The zero-order valence-corrected chi connectivity index (χ0v) is 8.64. The van der Waals surface area contributed by atoms with E-state index < -0.39 is 0 Å². The molecule has 5 nitrogen and oxygen atoms in total. The maximum absolute atomic E-state index is 4.42. The molecule has 0 spiro atoms. The van der Waals surface area contributed by atoms with Crippen LogP contribution in [0.2, 0.25) is 0 Å². The van der Waals surface area contributed by atoms with Crippen molar-refractivity contribution in [3.63, 3.8) is 0 Å². The van der Waals surface area contributed by atoms with Crippen LogP contribution < -0.4 is 0 Å². The van der Waals surface area contributed by atoms with E-state index in [4.69, 9.17) is 0 Å². The molecular formula is C10H13N5. The molecule has 15 heavy (non-hydrogen) atoms. The average molecular weight is 203 g/mol. The number of nitrogens with one attached hydrogen (secondary N) is 1. The van der Waals surface area contributed by atoms with E-state index >= 15 is 0 Å². The lowest BCUT2D eigenvalue weighted by molar-refractivity contribution is 0.521. The Hall–Kier alpha value is -1.65. The van der Waals surface area contributed by atoms with Gasteiger partial charge in [0.25, 0.3) is 0 Å². The zero-order chi connectivity index (χ0) is 10.3. The van der Waals surface area contributed by atoms with Gasteiger partial charge in [-0.2, -0.15) is 5.10 Å². The fraction of sp³-hybridized carbons (Fsp3) is 0.500. The molecule has 0 bridgehead atoms. The number of H-pyrrole nitrogens is 1. The molecule has 1 N–H and O–H groups in total. The predicted octanol–water partition coefficient (Wildman–Crippen LogP) is 1.04. The highest BCUT2D eigenvalue weighted by molar-refractivity contribution is 5.17. The Morgan fingerprint density at radius 1 is 1.53 bits per heavy atom. The van der Waals surface area contributed by atoms with Gasteiger partial charge >= 0.3 is 0 Å². The van der Waals surface area contributed by atoms with Gasteiger partial charge in [-0.15, -0.1) is 0 Å². The van der Waals surface area contributed by atoms with Gasteiger partial charge in [-0.25, -0.2) is 9.97 Å². The standard InChI is InChI=1S/C10H13N5/c1-8-12-9(14-13-8)10(2-3-10)6-15-5-4-11-7-15/h4-5,7H,2-3,6H2,1H3,(H,12,13,14). The molecule has 5 heteroatoms. The predicted molar refractivity (Wildman–Crippen MR) is 54.3 cm³/mol. The number of nitrogens with zero attached hydrogens (tertiary/aromatic N) is 4. The molecule has 1 fully saturated rings. The minimum atomic E-state index is 0.158. The largest absolute Gasteiger partial charge is 0.336 e. The van der Waals surface area contributed by atoms with Crippen LogP contribution in [0.3, 0.4) is 0 Å². The van der Waals surface area contributed by atoms with Crippen LogP contribution in [0.15, 0.2) is 18.7 Å². The SMILES string of the molecule is Cc1nc(C2(Cn3ccnc3)CC2)n[nH]1. The Morgan fingerprint density at radius 3 is 2.93 bits per heavy atom. The molecule has 2 heterocycles. The van der Waals surface area contributed by atoms with Crippen molar-refractivity contribution in [3.8, 4) is 0 Å². The third-order valence-corrected chi connectivity index (χ3v) is 2.97. The van der Waals surface area contributed by atoms with Gasteiger partial charge in [-0.1, -0.05) is 0 Å². The van der Waals surface area contributed by atoms with Gasteiger partial charge in [-0.05, 0) is 19.8 Å². The first-order valence-electron chi connectivity index (χ1n) is 5.14. The fourth-order valence-electron chi connectivity index (χ4n) is 1.91. The lowest BCUT2D eigenvalue weighted by Crippen LogP contribution is -2.16. The second-order valence-electron chi connectivity index (χ2n) is 4.26. The molecule has 0 radical (unpaired) electrons. The topological polar surface area (TPSA) is 59.4 Å². The summed E-state index contributed by atoms with van der Waals surface area (Å²) in [5.74, 6) is 1.84. The van der Waals surface area contributed by atoms with Crippen LogP contribution in [-0.4, -0.2) is 24.7 Å². The first-order valence-corrected chi connectivity index (χ1v) is 5.14. The third-order valence-electron chi connectivity index (χ3n) is 2.97. The van der Waals surface area contributed by atoms with Gasteiger partial charge in [0.05, 0.1) is 11.7 Å². The molecule has 3 rings (SSSR count). The summed E-state index contributed by atoms with van der Waals surface area (Å²) < 4.78 is 2.10. The third kappa shape index (κ3) is 1.44. The van der Waals surface area contributed by atoms with E-state index in [0.717, 1.165) is 18.2 Å². The van der Waals surface area contributed by atoms with E-state index in [1.165, 1.54) is 12.8 Å². The number of imidazole rings is 1. The molecular weight excluding hydrogens is 190 g/mol. The minimum absolute atomic E-state index is 0.158. The van der Waals surface area contributed by atoms with Crippen molar-refractivity contribution in [1.29, 1.82) is 0 Å². The summed E-state index contributed by atoms with van der Waals surface area (Å²) in [5.41, 5.74) is 0.158. The Kier molecular flexibility index (Phi) is 1.68. The lowest BCUT2D eigenvalue weighted by Gasteiger charge is -2.11. The highest BCUT2D eigenvalue weighted by Gasteiger charge is 2.47. The van der Waals surface area contributed by atoms with Crippen molar-refractivity contribution in [2.24, 2.45) is 0 Å². The van der Waals surface area contributed by atoms with Crippen LogP contribution in [0.1, 0.15) is 24.5 Å². The van der Waals surface area contributed by atoms with Crippen LogP contribution in [0.25, 0.3) is 0 Å². The molecule has 0 amide bonds. The molecule has 78 valence electrons. The van der Waals surface area contributed by atoms with E-state index in [-0.39, 0.29) is 5.41 Å². The van der Waals surface area contributed by atoms with Crippen molar-refractivity contribution >= 4 is 0 Å². The van der Waals surface area contributed by atoms with Gasteiger partial charge in [0.2, 0.25) is 0 Å². The Morgan fingerprint density at radius 2 is 2.40 bits per heavy atom. The molecule has 1 aliphatic carbocycles. The first kappa shape index (κ1) is 8.64. The monoisotopic (exact) mass is 203 g/mol. The van der Waals surface area contributed by atoms with Crippen molar-refractivity contribution in [1.82, 2.24) is 24.7 Å². The van der Waals surface area contributed by atoms with E-state index in [1.807, 2.05) is 19.4 Å². The van der Waals surface area contributed by atoms with Gasteiger partial charge in [-0.3, -0.25) is 5.10 Å². The molecule has 0 unspecified atom stereocenters. The van der Waals surface area contributed by atoms with Crippen LogP contribution >= 0.6 is 0 Å². The number of aryl methyl sites for hydroxylation is 1. The zero-order valence-electron chi connectivity index (χ0n) is 8.64. The summed E-state index contributed by atoms with van der Waals surface area (Å²) in [4.78, 5) is 8.47. The smallest absolute Gasteiger partial charge is 0.158 e. The summed E-state index contributed by atoms with van der Waals surface area (Å²) in [5, 5.41) is 7.17. The lowest BCUT2D eigenvalue weighted by atomic mass is 10.1. The Labute approximate surface area is 87.6 Å². The van der Waals surface area contributed by atoms with Crippen molar-refractivity contribution < 1.29 is 0 Å². The maximum Gasteiger partial charge on any atom is 0.158 e. The van der Waals surface area contributed by atoms with Crippen LogP contribution in [0.4, 0.5) is 0 Å². The fourth-order valence-corrected chi connectivity index (χ4v) is 1.91. The second-order valence-corrected chi connectivity index (χ2v) is 4.26. The van der Waals surface area contributed by atoms with Crippen molar-refractivity contribution in [2.75, 3.05) is 0 Å². The maximum atomic E-state index is 4.42. The molecule has 0 saturated heterocycles. The summed E-state index contributed by atoms with van der Waals surface area (Å²) in [6.45, 7) is 2.87. The number of hydrogen-bond donors (Lipinski definition) is 1. The Balaban J connectivity index is 1.86. The Bertz CT molecular complexity index is 452. The number of aromatic nitrogens is 5. The van der Waals surface area contributed by atoms with Gasteiger partial charge in [0.15, 0.2) is 5.82 Å². The van der Waals surface area contributed by atoms with E-state index in [0.29, 0.717) is 0 Å². The van der Waals surface area contributed by atoms with Gasteiger partial charge in [0, 0.05) is 18.9 Å². The number of rotatable bonds is 3. The summed E-state index contributed by atoms with van der Waals surface area (Å²) >= 11 is 0. The molecule has 1 aliphatic rings. The van der Waals surface area contributed by atoms with Gasteiger partial charge < -0.3 is 4.57 Å². The molecule has 0 atom stereocenters. The normalized spacial score (nSPS) is 17.9. The molecule has 1 saturated carbocycles. The summed E-state index contributed by atoms with van der Waals surface area (Å²) in [7, 11) is 0. The average Bonchev–Trinajstić information content (AvgIpc) is 2.65. The van der Waals surface area contributed by atoms with Gasteiger partial charge in [0.1, 0.15) is 5.82 Å². The van der Waals surface area contributed by atoms with E-state index in [1.54, 1.807) is 6.20 Å². The molecule has 0 aromatic carbocycles. The second kappa shape index (κ2) is 2.92. The summed E-state index contributed by atoms with van der Waals surface area (Å²) in [6.07, 6.45) is 7.98. The first-order chi connectivity index (χ1) is 7.28. The van der Waals surface area contributed by atoms with E-state index in [9.17, 15) is 0 Å². The quantitative estimate of drug-likeness (QED) is 0.810. The highest BCUT2D eigenvalue weighted by Crippen LogP contribution is 2.47. The van der Waals surface area contributed by atoms with Crippen molar-refractivity contribution in [2.45, 2.75) is 31.7 Å². The van der Waals surface area contributed by atoms with Crippen LogP contribution in [0, 0.1) is 6.92 Å². The van der Waals surface area contributed by atoms with Crippen LogP contribution in [-0.2, 0) is 12.0 Å². The minimum Gasteiger partial charge on any atom is -0.336 e. The van der Waals surface area contributed by atoms with E-state index in [2.05, 4.69) is 24.7 Å². The van der Waals surface area contributed by atoms with Crippen molar-refractivity contribution in [3.05, 3.63) is 30.4 Å².